The van der Waals surface area contributed by atoms with Crippen molar-refractivity contribution in [2.24, 2.45) is 0 Å². The summed E-state index contributed by atoms with van der Waals surface area (Å²) in [7, 11) is 0. The Morgan fingerprint density at radius 1 is 1.00 bits per heavy atom. The van der Waals surface area contributed by atoms with E-state index in [1.165, 1.54) is 0 Å². The summed E-state index contributed by atoms with van der Waals surface area (Å²) < 4.78 is 0. The molecule has 0 saturated carbocycles. The van der Waals surface area contributed by atoms with E-state index in [2.05, 4.69) is 0 Å². The van der Waals surface area contributed by atoms with Gasteiger partial charge in [0.05, 0.1) is 5.75 Å². The molecule has 0 bridgehead atoms. The van der Waals surface area contributed by atoms with Gasteiger partial charge in [0.15, 0.2) is 5.78 Å². The molecule has 0 aliphatic carbocycles. The molecule has 2 rings (SSSR count). The minimum Gasteiger partial charge on any atom is -0.508 e. The van der Waals surface area contributed by atoms with Crippen LogP contribution in [-0.2, 0) is 5.75 Å². The standard InChI is InChI=1S/C15H14O2S/c16-14-8-6-12(7-9-14)10-18-11-15(17)13-4-2-1-3-5-13/h1-9,16H,10-11H2. The second-order valence-electron chi connectivity index (χ2n) is 3.95. The Labute approximate surface area is 111 Å². The molecule has 0 aliphatic heterocycles. The number of hydrogen-bond acceptors (Lipinski definition) is 3. The van der Waals surface area contributed by atoms with Crippen molar-refractivity contribution >= 4 is 17.5 Å². The highest BCUT2D eigenvalue weighted by Crippen LogP contribution is 2.16. The fraction of sp³-hybridized carbons (Fsp3) is 0.133. The normalized spacial score (nSPS) is 10.2. The lowest BCUT2D eigenvalue weighted by Gasteiger charge is -2.02. The average Bonchev–Trinajstić information content (AvgIpc) is 2.42. The van der Waals surface area contributed by atoms with Gasteiger partial charge in [-0.05, 0) is 17.7 Å². The van der Waals surface area contributed by atoms with E-state index in [-0.39, 0.29) is 11.5 Å². The van der Waals surface area contributed by atoms with Gasteiger partial charge < -0.3 is 5.11 Å². The van der Waals surface area contributed by atoms with Crippen molar-refractivity contribution < 1.29 is 9.90 Å². The largest absolute Gasteiger partial charge is 0.508 e. The van der Waals surface area contributed by atoms with E-state index < -0.39 is 0 Å². The molecule has 0 atom stereocenters. The molecule has 2 nitrogen and oxygen atoms in total. The Kier molecular flexibility index (Phi) is 4.42. The maximum atomic E-state index is 11.8. The molecule has 1 N–H and O–H groups in total. The van der Waals surface area contributed by atoms with Crippen LogP contribution >= 0.6 is 11.8 Å². The number of Topliss-reactive ketones (excluding diaryl/α,β-unsaturated/α-hetero) is 1. The first-order valence-corrected chi connectivity index (χ1v) is 6.85. The average molecular weight is 258 g/mol. The van der Waals surface area contributed by atoms with Crippen LogP contribution < -0.4 is 0 Å². The zero-order valence-electron chi connectivity index (χ0n) is 9.87. The van der Waals surface area contributed by atoms with Gasteiger partial charge in [0.2, 0.25) is 0 Å². The number of hydrogen-bond donors (Lipinski definition) is 1. The highest BCUT2D eigenvalue weighted by Gasteiger charge is 2.04. The SMILES string of the molecule is O=C(CSCc1ccc(O)cc1)c1ccccc1. The molecule has 92 valence electrons. The van der Waals surface area contributed by atoms with Crippen molar-refractivity contribution in [2.45, 2.75) is 5.75 Å². The third kappa shape index (κ3) is 3.64. The second kappa shape index (κ2) is 6.26. The van der Waals surface area contributed by atoms with E-state index in [1.54, 1.807) is 23.9 Å². The summed E-state index contributed by atoms with van der Waals surface area (Å²) in [6.45, 7) is 0. The van der Waals surface area contributed by atoms with Crippen LogP contribution in [0.15, 0.2) is 54.6 Å². The van der Waals surface area contributed by atoms with Crippen LogP contribution in [0.4, 0.5) is 0 Å². The maximum absolute atomic E-state index is 11.8. The predicted molar refractivity (Wildman–Crippen MR) is 75.0 cm³/mol. The summed E-state index contributed by atoms with van der Waals surface area (Å²) in [6, 6.07) is 16.4. The molecular weight excluding hydrogens is 244 g/mol. The molecule has 2 aromatic carbocycles. The molecule has 0 aliphatic rings. The Balaban J connectivity index is 1.82. The smallest absolute Gasteiger partial charge is 0.172 e. The van der Waals surface area contributed by atoms with Crippen LogP contribution in [0, 0.1) is 0 Å². The molecule has 0 unspecified atom stereocenters. The Hall–Kier alpha value is -1.74. The van der Waals surface area contributed by atoms with Gasteiger partial charge in [-0.25, -0.2) is 0 Å². The van der Waals surface area contributed by atoms with Gasteiger partial charge in [-0.1, -0.05) is 42.5 Å². The first-order chi connectivity index (χ1) is 8.75. The number of phenolic OH excluding ortho intramolecular Hbond substituents is 1. The number of rotatable bonds is 5. The predicted octanol–water partition coefficient (Wildman–Crippen LogP) is 3.51. The molecule has 0 fully saturated rings. The summed E-state index contributed by atoms with van der Waals surface area (Å²) in [6.07, 6.45) is 0. The van der Waals surface area contributed by atoms with Gasteiger partial charge in [-0.2, -0.15) is 0 Å². The monoisotopic (exact) mass is 258 g/mol. The number of phenols is 1. The van der Waals surface area contributed by atoms with Crippen molar-refractivity contribution in [3.8, 4) is 5.75 Å². The van der Waals surface area contributed by atoms with Gasteiger partial charge in [0.1, 0.15) is 5.75 Å². The van der Waals surface area contributed by atoms with Gasteiger partial charge in [0.25, 0.3) is 0 Å². The summed E-state index contributed by atoms with van der Waals surface area (Å²) >= 11 is 1.58. The minimum absolute atomic E-state index is 0.152. The van der Waals surface area contributed by atoms with Crippen LogP contribution in [0.5, 0.6) is 5.75 Å². The molecule has 2 aromatic rings. The molecule has 0 heterocycles. The minimum atomic E-state index is 0.152. The van der Waals surface area contributed by atoms with Gasteiger partial charge in [0, 0.05) is 11.3 Å². The van der Waals surface area contributed by atoms with E-state index in [9.17, 15) is 4.79 Å². The Bertz CT molecular complexity index is 506. The number of carbonyl (C=O) groups excluding carboxylic acids is 1. The first-order valence-electron chi connectivity index (χ1n) is 5.69. The van der Waals surface area contributed by atoms with Crippen molar-refractivity contribution in [3.05, 3.63) is 65.7 Å². The fourth-order valence-corrected chi connectivity index (χ4v) is 2.44. The van der Waals surface area contributed by atoms with Crippen LogP contribution in [0.3, 0.4) is 0 Å². The molecule has 0 aromatic heterocycles. The van der Waals surface area contributed by atoms with Crippen LogP contribution in [0.25, 0.3) is 0 Å². The van der Waals surface area contributed by atoms with E-state index in [0.717, 1.165) is 16.9 Å². The molecule has 0 radical (unpaired) electrons. The zero-order chi connectivity index (χ0) is 12.8. The number of ketones is 1. The molecule has 3 heteroatoms. The summed E-state index contributed by atoms with van der Waals surface area (Å²) in [5.74, 6) is 1.67. The van der Waals surface area contributed by atoms with Crippen LogP contribution in [0.2, 0.25) is 0 Å². The molecule has 18 heavy (non-hydrogen) atoms. The maximum Gasteiger partial charge on any atom is 0.172 e. The van der Waals surface area contributed by atoms with Crippen molar-refractivity contribution in [1.29, 1.82) is 0 Å². The zero-order valence-corrected chi connectivity index (χ0v) is 10.7. The molecule has 0 amide bonds. The molecule has 0 saturated heterocycles. The van der Waals surface area contributed by atoms with Crippen LogP contribution in [0.1, 0.15) is 15.9 Å². The Morgan fingerprint density at radius 3 is 2.33 bits per heavy atom. The van der Waals surface area contributed by atoms with Crippen molar-refractivity contribution in [2.75, 3.05) is 5.75 Å². The summed E-state index contributed by atoms with van der Waals surface area (Å²) in [5, 5.41) is 9.16. The van der Waals surface area contributed by atoms with E-state index >= 15 is 0 Å². The van der Waals surface area contributed by atoms with Gasteiger partial charge in [-0.3, -0.25) is 4.79 Å². The first kappa shape index (κ1) is 12.7. The van der Waals surface area contributed by atoms with Gasteiger partial charge >= 0.3 is 0 Å². The third-order valence-corrected chi connectivity index (χ3v) is 3.54. The fourth-order valence-electron chi connectivity index (χ4n) is 1.56. The van der Waals surface area contributed by atoms with E-state index in [4.69, 9.17) is 5.11 Å². The molecule has 0 spiro atoms. The summed E-state index contributed by atoms with van der Waals surface area (Å²) in [4.78, 5) is 11.8. The lowest BCUT2D eigenvalue weighted by molar-refractivity contribution is 0.102. The second-order valence-corrected chi connectivity index (χ2v) is 4.93. The number of benzene rings is 2. The highest BCUT2D eigenvalue weighted by atomic mass is 32.2. The number of carbonyl (C=O) groups is 1. The van der Waals surface area contributed by atoms with Crippen molar-refractivity contribution in [3.63, 3.8) is 0 Å². The molecular formula is C15H14O2S. The number of thioether (sulfide) groups is 1. The van der Waals surface area contributed by atoms with E-state index in [1.807, 2.05) is 42.5 Å². The van der Waals surface area contributed by atoms with Crippen LogP contribution in [-0.4, -0.2) is 16.6 Å². The topological polar surface area (TPSA) is 37.3 Å². The lowest BCUT2D eigenvalue weighted by Crippen LogP contribution is -2.02. The lowest BCUT2D eigenvalue weighted by atomic mass is 10.2. The van der Waals surface area contributed by atoms with Gasteiger partial charge in [-0.15, -0.1) is 11.8 Å². The third-order valence-electron chi connectivity index (χ3n) is 2.53. The van der Waals surface area contributed by atoms with Crippen molar-refractivity contribution in [1.82, 2.24) is 0 Å². The number of aromatic hydroxyl groups is 1. The Morgan fingerprint density at radius 2 is 1.67 bits per heavy atom. The van der Waals surface area contributed by atoms with E-state index in [0.29, 0.717) is 5.75 Å². The highest BCUT2D eigenvalue weighted by molar-refractivity contribution is 7.99. The summed E-state index contributed by atoms with van der Waals surface area (Å²) in [5.41, 5.74) is 1.87. The quantitative estimate of drug-likeness (QED) is 0.834.